The molecule has 1 saturated heterocycles. The third kappa shape index (κ3) is 14.8. The number of nitrogens with two attached hydrogens (primary N) is 1. The summed E-state index contributed by atoms with van der Waals surface area (Å²) in [5.74, 6) is 2.13. The van der Waals surface area contributed by atoms with Crippen molar-refractivity contribution >= 4 is 32.1 Å². The van der Waals surface area contributed by atoms with Gasteiger partial charge in [-0.25, -0.2) is 0 Å². The van der Waals surface area contributed by atoms with Gasteiger partial charge in [-0.3, -0.25) is 0 Å². The Bertz CT molecular complexity index is 269. The summed E-state index contributed by atoms with van der Waals surface area (Å²) in [6.45, 7) is 2.78. The number of halogens is 2. The summed E-state index contributed by atoms with van der Waals surface area (Å²) in [6.07, 6.45) is 2.56. The van der Waals surface area contributed by atoms with Crippen LogP contribution in [0.3, 0.4) is 0 Å². The molecule has 0 aliphatic carbocycles. The van der Waals surface area contributed by atoms with Crippen LogP contribution in [0.5, 0.6) is 0 Å². The van der Waals surface area contributed by atoms with E-state index in [-0.39, 0.29) is 0 Å². The molecule has 1 fully saturated rings. The van der Waals surface area contributed by atoms with E-state index in [2.05, 4.69) is 24.3 Å². The van der Waals surface area contributed by atoms with Crippen LogP contribution in [0.15, 0.2) is 30.3 Å². The van der Waals surface area contributed by atoms with Crippen molar-refractivity contribution in [2.24, 2.45) is 5.73 Å². The van der Waals surface area contributed by atoms with Gasteiger partial charge < -0.3 is 10.5 Å². The zero-order chi connectivity index (χ0) is 14.2. The molecule has 2 nitrogen and oxygen atoms in total. The third-order valence-corrected chi connectivity index (χ3v) is 3.26. The average Bonchev–Trinajstić information content (AvgIpc) is 3.00. The van der Waals surface area contributed by atoms with Crippen LogP contribution in [0.2, 0.25) is 0 Å². The summed E-state index contributed by atoms with van der Waals surface area (Å²) in [4.78, 5) is 0. The summed E-state index contributed by atoms with van der Waals surface area (Å²) in [5.41, 5.74) is 6.75. The van der Waals surface area contributed by atoms with Gasteiger partial charge in [-0.15, -0.1) is 0 Å². The molecule has 6 heteroatoms. The van der Waals surface area contributed by atoms with Gasteiger partial charge in [-0.1, -0.05) is 30.3 Å². The molecule has 0 radical (unpaired) electrons. The molecule has 19 heavy (non-hydrogen) atoms. The normalized spacial score (nSPS) is 13.2. The van der Waals surface area contributed by atoms with Gasteiger partial charge in [-0.2, -0.15) is 11.8 Å². The Labute approximate surface area is 135 Å². The fraction of sp³-hybridized carbons (Fsp3) is 0.538. The molecule has 113 valence electrons. The van der Waals surface area contributed by atoms with Crippen molar-refractivity contribution in [1.29, 1.82) is 0 Å². The van der Waals surface area contributed by atoms with Gasteiger partial charge >= 0.3 is 33.2 Å². The first-order valence-corrected chi connectivity index (χ1v) is 10.1. The zero-order valence-corrected chi connectivity index (χ0v) is 14.2. The van der Waals surface area contributed by atoms with Gasteiger partial charge in [0.25, 0.3) is 0 Å². The van der Waals surface area contributed by atoms with E-state index in [1.807, 2.05) is 17.8 Å². The molecule has 0 spiro atoms. The van der Waals surface area contributed by atoms with Crippen molar-refractivity contribution in [3.63, 3.8) is 0 Å². The molecule has 0 atom stereocenters. The van der Waals surface area contributed by atoms with Crippen LogP contribution in [0.25, 0.3) is 0 Å². The molecule has 0 saturated carbocycles. The average molecular weight is 369 g/mol. The molecule has 1 heterocycles. The van der Waals surface area contributed by atoms with Gasteiger partial charge in [0.05, 0.1) is 0 Å². The Morgan fingerprint density at radius 3 is 2.16 bits per heavy atom. The van der Waals surface area contributed by atoms with Crippen LogP contribution < -0.4 is 5.73 Å². The van der Waals surface area contributed by atoms with Crippen LogP contribution in [0.1, 0.15) is 18.4 Å². The first-order chi connectivity index (χ1) is 9.35. The first-order valence-electron chi connectivity index (χ1n) is 6.08. The Hall–Kier alpha value is 0.576. The molecule has 0 aromatic heterocycles. The molecular formula is C13H21Cl2CoNOS. The monoisotopic (exact) mass is 368 g/mol. The van der Waals surface area contributed by atoms with Crippen molar-refractivity contribution in [2.75, 3.05) is 25.5 Å². The second kappa shape index (κ2) is 16.6. The van der Waals surface area contributed by atoms with Crippen molar-refractivity contribution in [2.45, 2.75) is 18.6 Å². The van der Waals surface area contributed by atoms with Crippen molar-refractivity contribution in [1.82, 2.24) is 0 Å². The maximum absolute atomic E-state index is 5.37. The van der Waals surface area contributed by atoms with E-state index in [0.717, 1.165) is 31.3 Å². The Balaban J connectivity index is 0.000000334. The van der Waals surface area contributed by atoms with Crippen LogP contribution in [0.4, 0.5) is 0 Å². The van der Waals surface area contributed by atoms with Gasteiger partial charge in [0, 0.05) is 31.3 Å². The number of rotatable bonds is 4. The number of hydrogen-bond acceptors (Lipinski definition) is 3. The minimum atomic E-state index is 0.382. The fourth-order valence-corrected chi connectivity index (χ4v) is 2.10. The number of thioether (sulfide) groups is 1. The van der Waals surface area contributed by atoms with Crippen LogP contribution in [-0.2, 0) is 23.4 Å². The van der Waals surface area contributed by atoms with Crippen molar-refractivity contribution < 1.29 is 17.6 Å². The summed E-state index contributed by atoms with van der Waals surface area (Å²) >= 11 is 2.26. The Morgan fingerprint density at radius 1 is 1.16 bits per heavy atom. The van der Waals surface area contributed by atoms with Crippen molar-refractivity contribution in [3.05, 3.63) is 35.9 Å². The summed E-state index contributed by atoms with van der Waals surface area (Å²) in [6, 6.07) is 10.5. The second-order valence-corrected chi connectivity index (χ2v) is 6.52. The molecular weight excluding hydrogens is 348 g/mol. The third-order valence-electron chi connectivity index (χ3n) is 2.20. The summed E-state index contributed by atoms with van der Waals surface area (Å²) in [5, 5.41) is 0. The standard InChI is InChI=1S/C9H13NS.C4H8O.2ClH.Co/c10-6-7-11-8-9-4-2-1-3-5-9;1-2-4-5-3-1;;;/h1-5H,6-8,10H2;1-4H2;2*1H;/q;;;;+2/p-2. The van der Waals surface area contributed by atoms with Crippen molar-refractivity contribution in [3.8, 4) is 0 Å². The first kappa shape index (κ1) is 19.6. The number of ether oxygens (including phenoxy) is 1. The van der Waals surface area contributed by atoms with Crippen LogP contribution in [0, 0.1) is 0 Å². The molecule has 2 rings (SSSR count). The SMILES string of the molecule is C1CCOC1.NCCSCc1ccccc1.[Cl][Co][Cl]. The predicted octanol–water partition coefficient (Wildman–Crippen LogP) is 4.05. The summed E-state index contributed by atoms with van der Waals surface area (Å²) < 4.78 is 4.94. The zero-order valence-electron chi connectivity index (χ0n) is 10.8. The minimum absolute atomic E-state index is 0.382. The molecule has 1 aliphatic rings. The van der Waals surface area contributed by atoms with E-state index in [9.17, 15) is 0 Å². The van der Waals surface area contributed by atoms with E-state index in [4.69, 9.17) is 30.8 Å². The maximum atomic E-state index is 5.37. The van der Waals surface area contributed by atoms with Gasteiger partial charge in [0.1, 0.15) is 0 Å². The van der Waals surface area contributed by atoms with E-state index in [1.165, 1.54) is 18.4 Å². The Morgan fingerprint density at radius 2 is 1.74 bits per heavy atom. The molecule has 1 aromatic rings. The quantitative estimate of drug-likeness (QED) is 0.814. The number of benzene rings is 1. The van der Waals surface area contributed by atoms with Gasteiger partial charge in [0.2, 0.25) is 0 Å². The van der Waals surface area contributed by atoms with Crippen LogP contribution in [-0.4, -0.2) is 25.5 Å². The Kier molecular flexibility index (Phi) is 17.1. The molecule has 0 unspecified atom stereocenters. The molecule has 1 aliphatic heterocycles. The van der Waals surface area contributed by atoms with E-state index >= 15 is 0 Å². The second-order valence-electron chi connectivity index (χ2n) is 3.69. The molecule has 1 aromatic carbocycles. The predicted molar refractivity (Wildman–Crippen MR) is 83.4 cm³/mol. The summed E-state index contributed by atoms with van der Waals surface area (Å²) in [7, 11) is 9.47. The number of hydrogen-bond donors (Lipinski definition) is 1. The fourth-order valence-electron chi connectivity index (χ4n) is 1.36. The molecule has 0 amide bonds. The van der Waals surface area contributed by atoms with Gasteiger partial charge in [-0.05, 0) is 18.4 Å². The van der Waals surface area contributed by atoms with E-state index in [0.29, 0.717) is 12.9 Å². The molecule has 2 N–H and O–H groups in total. The van der Waals surface area contributed by atoms with Gasteiger partial charge in [0.15, 0.2) is 0 Å². The molecule has 0 bridgehead atoms. The van der Waals surface area contributed by atoms with E-state index < -0.39 is 0 Å². The topological polar surface area (TPSA) is 35.2 Å². The van der Waals surface area contributed by atoms with Crippen LogP contribution >= 0.6 is 32.1 Å². The van der Waals surface area contributed by atoms with E-state index in [1.54, 1.807) is 0 Å².